The van der Waals surface area contributed by atoms with E-state index in [1.54, 1.807) is 0 Å². The van der Waals surface area contributed by atoms with E-state index in [9.17, 15) is 31.1 Å². The molecule has 8 heteroatoms. The van der Waals surface area contributed by atoms with Crippen molar-refractivity contribution in [3.63, 3.8) is 0 Å². The van der Waals surface area contributed by atoms with Gasteiger partial charge in [-0.3, -0.25) is 0 Å². The van der Waals surface area contributed by atoms with E-state index in [0.717, 1.165) is 0 Å². The fourth-order valence-corrected chi connectivity index (χ4v) is 0.740. The summed E-state index contributed by atoms with van der Waals surface area (Å²) in [7, 11) is 0. The van der Waals surface area contributed by atoms with Crippen molar-refractivity contribution in [2.45, 2.75) is 6.18 Å². The van der Waals surface area contributed by atoms with Gasteiger partial charge < -0.3 is 4.74 Å². The van der Waals surface area contributed by atoms with Gasteiger partial charge in [-0.1, -0.05) is 0 Å². The molecule has 0 fully saturated rings. The average molecular weight is 244 g/mol. The second-order valence-corrected chi connectivity index (χ2v) is 2.58. The molecular weight excluding hydrogens is 242 g/mol. The lowest BCUT2D eigenvalue weighted by Gasteiger charge is -2.07. The standard InChI is InChI=1S/C8H2F6O2/c9-3-1-5(11)6(2-4(3)10)16-7(15)8(12,13)14/h1-2H. The van der Waals surface area contributed by atoms with E-state index in [4.69, 9.17) is 0 Å². The summed E-state index contributed by atoms with van der Waals surface area (Å²) in [6.07, 6.45) is -5.35. The first kappa shape index (κ1) is 12.3. The third-order valence-corrected chi connectivity index (χ3v) is 1.41. The third kappa shape index (κ3) is 2.65. The summed E-state index contributed by atoms with van der Waals surface area (Å²) in [6, 6.07) is -0.0252. The van der Waals surface area contributed by atoms with Crippen molar-refractivity contribution in [2.75, 3.05) is 0 Å². The minimum Gasteiger partial charge on any atom is -0.417 e. The van der Waals surface area contributed by atoms with Crippen molar-refractivity contribution < 1.29 is 35.9 Å². The molecule has 0 bridgehead atoms. The lowest BCUT2D eigenvalue weighted by molar-refractivity contribution is -0.189. The van der Waals surface area contributed by atoms with Crippen LogP contribution >= 0.6 is 0 Å². The van der Waals surface area contributed by atoms with Crippen molar-refractivity contribution in [1.82, 2.24) is 0 Å². The lowest BCUT2D eigenvalue weighted by atomic mass is 10.3. The van der Waals surface area contributed by atoms with Gasteiger partial charge in [-0.2, -0.15) is 13.2 Å². The molecule has 16 heavy (non-hydrogen) atoms. The van der Waals surface area contributed by atoms with E-state index in [0.29, 0.717) is 0 Å². The first-order chi connectivity index (χ1) is 7.21. The minimum absolute atomic E-state index is 0.00824. The van der Waals surface area contributed by atoms with Gasteiger partial charge in [0.05, 0.1) is 0 Å². The molecule has 1 aromatic carbocycles. The molecule has 0 aromatic heterocycles. The van der Waals surface area contributed by atoms with E-state index >= 15 is 0 Å². The van der Waals surface area contributed by atoms with E-state index in [-0.39, 0.29) is 12.1 Å². The molecule has 0 heterocycles. The Bertz CT molecular complexity index is 425. The summed E-state index contributed by atoms with van der Waals surface area (Å²) in [5.41, 5.74) is 0. The topological polar surface area (TPSA) is 26.3 Å². The number of carbonyl (C=O) groups excluding carboxylic acids is 1. The molecule has 88 valence electrons. The van der Waals surface area contributed by atoms with Crippen LogP contribution in [0.5, 0.6) is 5.75 Å². The van der Waals surface area contributed by atoms with Crippen LogP contribution in [-0.2, 0) is 4.79 Å². The predicted octanol–water partition coefficient (Wildman–Crippen LogP) is 2.57. The second kappa shape index (κ2) is 4.03. The van der Waals surface area contributed by atoms with Gasteiger partial charge in [0.25, 0.3) is 0 Å². The van der Waals surface area contributed by atoms with E-state index < -0.39 is 35.3 Å². The highest BCUT2D eigenvalue weighted by Gasteiger charge is 2.41. The van der Waals surface area contributed by atoms with Gasteiger partial charge >= 0.3 is 12.1 Å². The zero-order valence-electron chi connectivity index (χ0n) is 7.24. The summed E-state index contributed by atoms with van der Waals surface area (Å²) in [4.78, 5) is 10.3. The Morgan fingerprint density at radius 3 is 2.00 bits per heavy atom. The smallest absolute Gasteiger partial charge is 0.417 e. The predicted molar refractivity (Wildman–Crippen MR) is 38.0 cm³/mol. The number of ether oxygens (including phenoxy) is 1. The molecule has 0 spiro atoms. The molecule has 0 amide bonds. The zero-order chi connectivity index (χ0) is 12.5. The molecule has 0 unspecified atom stereocenters. The van der Waals surface area contributed by atoms with Crippen molar-refractivity contribution in [3.05, 3.63) is 29.6 Å². The van der Waals surface area contributed by atoms with Crippen LogP contribution in [0.4, 0.5) is 26.3 Å². The Hall–Kier alpha value is -1.73. The maximum atomic E-state index is 12.7. The number of hydrogen-bond acceptors (Lipinski definition) is 2. The van der Waals surface area contributed by atoms with Crippen LogP contribution in [0.3, 0.4) is 0 Å². The molecule has 0 aliphatic rings. The van der Waals surface area contributed by atoms with Gasteiger partial charge in [-0.25, -0.2) is 18.0 Å². The van der Waals surface area contributed by atoms with Crippen LogP contribution in [0.2, 0.25) is 0 Å². The Kier molecular flexibility index (Phi) is 3.11. The molecule has 1 rings (SSSR count). The number of halogens is 6. The van der Waals surface area contributed by atoms with Gasteiger partial charge in [0.15, 0.2) is 23.2 Å². The molecular formula is C8H2F6O2. The molecule has 0 radical (unpaired) electrons. The summed E-state index contributed by atoms with van der Waals surface area (Å²) in [5.74, 6) is -8.91. The largest absolute Gasteiger partial charge is 0.491 e. The molecule has 0 aliphatic carbocycles. The number of carbonyl (C=O) groups is 1. The number of hydrogen-bond donors (Lipinski definition) is 0. The van der Waals surface area contributed by atoms with Gasteiger partial charge in [0.2, 0.25) is 0 Å². The number of rotatable bonds is 1. The number of benzene rings is 1. The van der Waals surface area contributed by atoms with Crippen molar-refractivity contribution in [1.29, 1.82) is 0 Å². The Labute approximate surface area is 84.4 Å². The first-order valence-corrected chi connectivity index (χ1v) is 3.65. The van der Waals surface area contributed by atoms with Crippen LogP contribution in [0.1, 0.15) is 0 Å². The van der Waals surface area contributed by atoms with Gasteiger partial charge in [0, 0.05) is 12.1 Å². The minimum atomic E-state index is -5.35. The summed E-state index contributed by atoms with van der Waals surface area (Å²) < 4.78 is 76.1. The molecule has 0 aliphatic heterocycles. The number of esters is 1. The SMILES string of the molecule is O=C(Oc1cc(F)c(F)cc1F)C(F)(F)F. The lowest BCUT2D eigenvalue weighted by Crippen LogP contribution is -2.28. The molecule has 1 aromatic rings. The summed E-state index contributed by atoms with van der Waals surface area (Å²) >= 11 is 0. The van der Waals surface area contributed by atoms with Gasteiger partial charge in [0.1, 0.15) is 0 Å². The molecule has 0 saturated carbocycles. The summed E-state index contributed by atoms with van der Waals surface area (Å²) in [5, 5.41) is 0. The summed E-state index contributed by atoms with van der Waals surface area (Å²) in [6.45, 7) is 0. The maximum Gasteiger partial charge on any atom is 0.491 e. The maximum absolute atomic E-state index is 12.7. The van der Waals surface area contributed by atoms with Crippen molar-refractivity contribution >= 4 is 5.97 Å². The third-order valence-electron chi connectivity index (χ3n) is 1.41. The fourth-order valence-electron chi connectivity index (χ4n) is 0.740. The van der Waals surface area contributed by atoms with Crippen LogP contribution in [-0.4, -0.2) is 12.1 Å². The molecule has 0 N–H and O–H groups in total. The Morgan fingerprint density at radius 1 is 1.00 bits per heavy atom. The van der Waals surface area contributed by atoms with Crippen molar-refractivity contribution in [3.8, 4) is 5.75 Å². The Balaban J connectivity index is 2.99. The molecule has 0 saturated heterocycles. The first-order valence-electron chi connectivity index (χ1n) is 3.65. The highest BCUT2D eigenvalue weighted by Crippen LogP contribution is 2.24. The molecule has 0 atom stereocenters. The van der Waals surface area contributed by atoms with Gasteiger partial charge in [-0.15, -0.1) is 0 Å². The zero-order valence-corrected chi connectivity index (χ0v) is 7.24. The van der Waals surface area contributed by atoms with Crippen LogP contribution in [0, 0.1) is 17.5 Å². The Morgan fingerprint density at radius 2 is 1.50 bits per heavy atom. The van der Waals surface area contributed by atoms with Crippen LogP contribution in [0.25, 0.3) is 0 Å². The average Bonchev–Trinajstić information content (AvgIpc) is 2.12. The van der Waals surface area contributed by atoms with Crippen LogP contribution in [0.15, 0.2) is 12.1 Å². The fraction of sp³-hybridized carbons (Fsp3) is 0.125. The monoisotopic (exact) mass is 244 g/mol. The van der Waals surface area contributed by atoms with Gasteiger partial charge in [-0.05, 0) is 0 Å². The van der Waals surface area contributed by atoms with E-state index in [1.807, 2.05) is 0 Å². The highest BCUT2D eigenvalue weighted by molar-refractivity contribution is 5.78. The second-order valence-electron chi connectivity index (χ2n) is 2.58. The van der Waals surface area contributed by atoms with Crippen molar-refractivity contribution in [2.24, 2.45) is 0 Å². The van der Waals surface area contributed by atoms with E-state index in [1.165, 1.54) is 0 Å². The molecule has 2 nitrogen and oxygen atoms in total. The highest BCUT2D eigenvalue weighted by atomic mass is 19.4. The van der Waals surface area contributed by atoms with Crippen LogP contribution < -0.4 is 4.74 Å². The van der Waals surface area contributed by atoms with E-state index in [2.05, 4.69) is 4.74 Å². The normalized spacial score (nSPS) is 11.4. The quantitative estimate of drug-likeness (QED) is 0.328. The number of alkyl halides is 3.